The smallest absolute Gasteiger partial charge is 0.187 e. The Morgan fingerprint density at radius 2 is 1.36 bits per heavy atom. The highest BCUT2D eigenvalue weighted by molar-refractivity contribution is 5.15. The molecule has 26 atom stereocenters. The number of hydrogen-bond acceptors (Lipinski definition) is 16. The fourth-order valence-corrected chi connectivity index (χ4v) is 14.6. The Kier molecular flexibility index (Phi) is 12.8. The SMILES string of the molecule is C[C@@H]1CC[C@@]2(OC1)O[C@H]1C[C@@H]3[C@@H]4CC[C@@H]5C[C@H](O[C@H]6C[C@@H](O)[C@H](O[C@@H]7O[C@@H](C)[C@H](O)[C@@H](O)[C@H]7O[C@@H]7O[C@H](CO)[C@@H](O)[C@H](O)[C@H]7O)[C@@H](CO)O6)CC[C@@]5(C)[C@H]4CC[C@@]3(C)[C@H]1[C@@H]2C. The van der Waals surface area contributed by atoms with Crippen molar-refractivity contribution in [3.8, 4) is 0 Å². The van der Waals surface area contributed by atoms with E-state index in [1.54, 1.807) is 0 Å². The van der Waals surface area contributed by atoms with Gasteiger partial charge in [0.05, 0.1) is 44.2 Å². The molecule has 5 heterocycles. The molecule has 4 aliphatic carbocycles. The van der Waals surface area contributed by atoms with Crippen LogP contribution in [-0.2, 0) is 37.9 Å². The minimum Gasteiger partial charge on any atom is -0.394 e. The fourth-order valence-electron chi connectivity index (χ4n) is 14.6. The van der Waals surface area contributed by atoms with E-state index in [4.69, 9.17) is 37.9 Å². The topological polar surface area (TPSA) is 236 Å². The molecule has 61 heavy (non-hydrogen) atoms. The Balaban J connectivity index is 0.813. The summed E-state index contributed by atoms with van der Waals surface area (Å²) in [6.07, 6.45) is -8.02. The van der Waals surface area contributed by atoms with Crippen LogP contribution < -0.4 is 0 Å². The van der Waals surface area contributed by atoms with Gasteiger partial charge in [0, 0.05) is 18.8 Å². The molecule has 0 aromatic heterocycles. The lowest BCUT2D eigenvalue weighted by molar-refractivity contribution is -0.381. The highest BCUT2D eigenvalue weighted by atomic mass is 16.8. The molecular weight excluding hydrogens is 796 g/mol. The van der Waals surface area contributed by atoms with Crippen molar-refractivity contribution in [1.29, 1.82) is 0 Å². The van der Waals surface area contributed by atoms with Crippen molar-refractivity contribution in [3.63, 3.8) is 0 Å². The first kappa shape index (κ1) is 45.5. The number of aliphatic hydroxyl groups is 8. The molecule has 0 amide bonds. The molecule has 0 unspecified atom stereocenters. The molecule has 16 heteroatoms. The van der Waals surface area contributed by atoms with Crippen molar-refractivity contribution in [2.45, 2.75) is 209 Å². The van der Waals surface area contributed by atoms with E-state index in [1.165, 1.54) is 32.6 Å². The summed E-state index contributed by atoms with van der Waals surface area (Å²) in [4.78, 5) is 0. The van der Waals surface area contributed by atoms with Gasteiger partial charge in [0.25, 0.3) is 0 Å². The molecule has 0 aromatic rings. The van der Waals surface area contributed by atoms with Crippen LogP contribution in [0.1, 0.15) is 105 Å². The van der Waals surface area contributed by atoms with E-state index in [1.807, 2.05) is 0 Å². The monoisotopic (exact) mass is 870 g/mol. The van der Waals surface area contributed by atoms with Crippen molar-refractivity contribution >= 4 is 0 Å². The second kappa shape index (κ2) is 17.2. The molecule has 350 valence electrons. The van der Waals surface area contributed by atoms with Gasteiger partial charge in [-0.05, 0) is 111 Å². The zero-order chi connectivity index (χ0) is 43.3. The number of hydrogen-bond donors (Lipinski definition) is 8. The lowest BCUT2D eigenvalue weighted by Crippen LogP contribution is -2.65. The minimum atomic E-state index is -1.79. The molecule has 5 saturated heterocycles. The summed E-state index contributed by atoms with van der Waals surface area (Å²) in [6.45, 7) is 10.9. The van der Waals surface area contributed by atoms with Crippen LogP contribution in [0.2, 0.25) is 0 Å². The molecule has 1 spiro atoms. The molecule has 0 radical (unpaired) electrons. The molecule has 0 aromatic carbocycles. The van der Waals surface area contributed by atoms with Crippen molar-refractivity contribution in [1.82, 2.24) is 0 Å². The number of aliphatic hydroxyl groups excluding tert-OH is 8. The van der Waals surface area contributed by atoms with Gasteiger partial charge in [-0.2, -0.15) is 0 Å². The Bertz CT molecular complexity index is 1510. The predicted molar refractivity (Wildman–Crippen MR) is 213 cm³/mol. The van der Waals surface area contributed by atoms with E-state index >= 15 is 0 Å². The molecule has 0 bridgehead atoms. The molecule has 16 nitrogen and oxygen atoms in total. The van der Waals surface area contributed by atoms with Crippen LogP contribution in [0.5, 0.6) is 0 Å². The fraction of sp³-hybridized carbons (Fsp3) is 1.00. The van der Waals surface area contributed by atoms with Crippen LogP contribution in [0, 0.1) is 52.3 Å². The summed E-state index contributed by atoms with van der Waals surface area (Å²) in [7, 11) is 0. The summed E-state index contributed by atoms with van der Waals surface area (Å²) < 4.78 is 49.8. The van der Waals surface area contributed by atoms with Gasteiger partial charge in [-0.25, -0.2) is 0 Å². The Morgan fingerprint density at radius 1 is 0.623 bits per heavy atom. The first-order valence-corrected chi connectivity index (χ1v) is 23.6. The van der Waals surface area contributed by atoms with Crippen molar-refractivity contribution in [2.24, 2.45) is 52.3 Å². The molecule has 5 aliphatic heterocycles. The van der Waals surface area contributed by atoms with Gasteiger partial charge in [0.15, 0.2) is 24.7 Å². The average molecular weight is 871 g/mol. The summed E-state index contributed by atoms with van der Waals surface area (Å²) in [6, 6.07) is 0. The van der Waals surface area contributed by atoms with E-state index in [0.29, 0.717) is 41.4 Å². The van der Waals surface area contributed by atoms with Gasteiger partial charge in [-0.15, -0.1) is 0 Å². The second-order valence-corrected chi connectivity index (χ2v) is 21.4. The third-order valence-corrected chi connectivity index (χ3v) is 18.1. The van der Waals surface area contributed by atoms with Gasteiger partial charge < -0.3 is 78.7 Å². The second-order valence-electron chi connectivity index (χ2n) is 21.4. The maximum Gasteiger partial charge on any atom is 0.187 e. The van der Waals surface area contributed by atoms with Gasteiger partial charge in [-0.1, -0.05) is 27.7 Å². The minimum absolute atomic E-state index is 0.0461. The third-order valence-electron chi connectivity index (χ3n) is 18.1. The zero-order valence-electron chi connectivity index (χ0n) is 36.5. The van der Waals surface area contributed by atoms with E-state index in [9.17, 15) is 40.9 Å². The molecule has 9 fully saturated rings. The van der Waals surface area contributed by atoms with Crippen LogP contribution >= 0.6 is 0 Å². The number of ether oxygens (including phenoxy) is 8. The Hall–Kier alpha value is -0.640. The summed E-state index contributed by atoms with van der Waals surface area (Å²) in [5.41, 5.74) is 0.496. The van der Waals surface area contributed by atoms with Gasteiger partial charge in [-0.3, -0.25) is 0 Å². The zero-order valence-corrected chi connectivity index (χ0v) is 36.5. The van der Waals surface area contributed by atoms with Gasteiger partial charge >= 0.3 is 0 Å². The van der Waals surface area contributed by atoms with E-state index in [2.05, 4.69) is 27.7 Å². The van der Waals surface area contributed by atoms with Crippen LogP contribution in [-0.4, -0.2) is 165 Å². The first-order valence-electron chi connectivity index (χ1n) is 23.6. The standard InChI is InChI=1S/C45H74O16/c1-20-8-13-45(54-19-20)21(2)33-29(61-45)15-27-25-7-6-23-14-24(9-11-43(23,4)26(25)10-12-44(27,33)5)56-32-16-28(48)39(31(18-47)57-32)59-42-40(37(52)34(49)22(3)55-42)60-41-38(53)36(51)35(50)30(17-46)58-41/h20-42,46-53H,6-19H2,1-5H3/t20-,21+,22+,23-,24-,25-,26+,27-,28-,29+,30-,31-,32-,33+,34+,35-,36+,37-,38-,39+,40-,41+,42+,43-,44-,45-/m1/s1. The maximum absolute atomic E-state index is 11.5. The van der Waals surface area contributed by atoms with Crippen molar-refractivity contribution < 1.29 is 78.7 Å². The van der Waals surface area contributed by atoms with E-state index < -0.39 is 105 Å². The van der Waals surface area contributed by atoms with Crippen molar-refractivity contribution in [3.05, 3.63) is 0 Å². The molecule has 9 aliphatic rings. The summed E-state index contributed by atoms with van der Waals surface area (Å²) >= 11 is 0. The highest BCUT2D eigenvalue weighted by Crippen LogP contribution is 2.71. The van der Waals surface area contributed by atoms with Crippen LogP contribution in [0.25, 0.3) is 0 Å². The Morgan fingerprint density at radius 3 is 2.08 bits per heavy atom. The van der Waals surface area contributed by atoms with E-state index in [0.717, 1.165) is 45.1 Å². The largest absolute Gasteiger partial charge is 0.394 e. The lowest BCUT2D eigenvalue weighted by Gasteiger charge is -2.61. The van der Waals surface area contributed by atoms with Gasteiger partial charge in [0.2, 0.25) is 0 Å². The first-order chi connectivity index (χ1) is 29.0. The average Bonchev–Trinajstić information content (AvgIpc) is 3.69. The number of rotatable bonds is 8. The lowest BCUT2D eigenvalue weighted by atomic mass is 9.44. The summed E-state index contributed by atoms with van der Waals surface area (Å²) in [5.74, 6) is 3.70. The third kappa shape index (κ3) is 7.69. The van der Waals surface area contributed by atoms with Crippen LogP contribution in [0.15, 0.2) is 0 Å². The summed E-state index contributed by atoms with van der Waals surface area (Å²) in [5, 5.41) is 84.5. The van der Waals surface area contributed by atoms with Crippen molar-refractivity contribution in [2.75, 3.05) is 19.8 Å². The predicted octanol–water partition coefficient (Wildman–Crippen LogP) is 1.32. The van der Waals surface area contributed by atoms with Crippen LogP contribution in [0.3, 0.4) is 0 Å². The molecule has 9 rings (SSSR count). The normalized spacial score (nSPS) is 58.5. The maximum atomic E-state index is 11.5. The Labute approximate surface area is 359 Å². The highest BCUT2D eigenvalue weighted by Gasteiger charge is 2.69. The van der Waals surface area contributed by atoms with Crippen LogP contribution in [0.4, 0.5) is 0 Å². The molecule has 8 N–H and O–H groups in total. The molecular formula is C45H74O16. The quantitative estimate of drug-likeness (QED) is 0.161. The molecule has 4 saturated carbocycles. The van der Waals surface area contributed by atoms with E-state index in [-0.39, 0.29) is 29.5 Å². The van der Waals surface area contributed by atoms with Gasteiger partial charge in [0.1, 0.15) is 54.9 Å². The number of fused-ring (bicyclic) bond motifs is 7.